The van der Waals surface area contributed by atoms with Crippen molar-refractivity contribution in [1.82, 2.24) is 15.7 Å². The van der Waals surface area contributed by atoms with E-state index in [9.17, 15) is 9.59 Å². The topological polar surface area (TPSA) is 100 Å². The van der Waals surface area contributed by atoms with E-state index in [4.69, 9.17) is 14.7 Å². The number of ether oxygens (including phenoxy) is 2. The Morgan fingerprint density at radius 2 is 1.75 bits per heavy atom. The summed E-state index contributed by atoms with van der Waals surface area (Å²) < 4.78 is 11.5. The fourth-order valence-electron chi connectivity index (χ4n) is 4.09. The van der Waals surface area contributed by atoms with Crippen molar-refractivity contribution in [2.24, 2.45) is 0 Å². The van der Waals surface area contributed by atoms with Gasteiger partial charge in [-0.2, -0.15) is 0 Å². The molecule has 0 unspecified atom stereocenters. The molecule has 3 aromatic rings. The van der Waals surface area contributed by atoms with Gasteiger partial charge in [0, 0.05) is 30.6 Å². The average molecular weight is 490 g/mol. The molecule has 0 atom stereocenters. The highest BCUT2D eigenvalue weighted by molar-refractivity contribution is 5.98. The predicted octanol–water partition coefficient (Wildman–Crippen LogP) is 3.26. The first-order valence-corrected chi connectivity index (χ1v) is 12.1. The zero-order valence-electron chi connectivity index (χ0n) is 20.1. The maximum Gasteiger partial charge on any atom is 0.274 e. The molecule has 4 rings (SSSR count). The fraction of sp³-hybridized carbons (Fsp3) is 0.286. The lowest BCUT2D eigenvalue weighted by molar-refractivity contribution is -0.117. The Kier molecular flexibility index (Phi) is 9.04. The number of amides is 2. The minimum atomic E-state index is -0.594. The second kappa shape index (κ2) is 12.8. The van der Waals surface area contributed by atoms with Crippen LogP contribution in [-0.2, 0) is 9.53 Å². The number of carbonyl (C=O) groups excluding carboxylic acids is 2. The van der Waals surface area contributed by atoms with E-state index in [2.05, 4.69) is 10.2 Å². The van der Waals surface area contributed by atoms with E-state index < -0.39 is 5.91 Å². The maximum absolute atomic E-state index is 13.1. The number of nitrogens with one attached hydrogen (secondary N) is 2. The summed E-state index contributed by atoms with van der Waals surface area (Å²) in [6.07, 6.45) is 2.59. The Hall–Kier alpha value is -3.72. The molecule has 8 nitrogen and oxygen atoms in total. The van der Waals surface area contributed by atoms with Crippen molar-refractivity contribution in [3.8, 4) is 5.75 Å². The van der Waals surface area contributed by atoms with Crippen molar-refractivity contribution < 1.29 is 24.3 Å². The summed E-state index contributed by atoms with van der Waals surface area (Å²) in [4.78, 5) is 27.1. The number of hydrogen-bond donors (Lipinski definition) is 3. The predicted molar refractivity (Wildman–Crippen MR) is 138 cm³/mol. The van der Waals surface area contributed by atoms with Crippen LogP contribution in [0, 0.1) is 0 Å². The van der Waals surface area contributed by atoms with Gasteiger partial charge < -0.3 is 14.8 Å². The number of morpholine rings is 1. The summed E-state index contributed by atoms with van der Waals surface area (Å²) >= 11 is 0. The minimum absolute atomic E-state index is 0.0855. The van der Waals surface area contributed by atoms with Crippen molar-refractivity contribution in [3.05, 3.63) is 83.4 Å². The third kappa shape index (κ3) is 6.91. The summed E-state index contributed by atoms with van der Waals surface area (Å²) in [5, 5.41) is 13.9. The molecule has 1 heterocycles. The van der Waals surface area contributed by atoms with E-state index in [1.807, 2.05) is 42.5 Å². The highest BCUT2D eigenvalue weighted by Crippen LogP contribution is 2.25. The number of carbonyl (C=O) groups is 2. The van der Waals surface area contributed by atoms with Gasteiger partial charge in [0.05, 0.1) is 18.8 Å². The molecule has 3 N–H and O–H groups in total. The molecular formula is C28H31N3O5. The highest BCUT2D eigenvalue weighted by Gasteiger charge is 2.14. The first-order chi connectivity index (χ1) is 17.6. The lowest BCUT2D eigenvalue weighted by Gasteiger charge is -2.26. The van der Waals surface area contributed by atoms with Crippen LogP contribution < -0.4 is 15.5 Å². The van der Waals surface area contributed by atoms with Crippen molar-refractivity contribution in [1.29, 1.82) is 0 Å². The molecule has 0 bridgehead atoms. The van der Waals surface area contributed by atoms with Gasteiger partial charge in [-0.3, -0.25) is 19.7 Å². The van der Waals surface area contributed by atoms with Crippen LogP contribution in [0.25, 0.3) is 16.8 Å². The van der Waals surface area contributed by atoms with Crippen molar-refractivity contribution in [2.45, 2.75) is 6.42 Å². The van der Waals surface area contributed by atoms with E-state index in [0.29, 0.717) is 23.4 Å². The second-order valence-corrected chi connectivity index (χ2v) is 8.56. The molecule has 0 spiro atoms. The van der Waals surface area contributed by atoms with E-state index in [0.717, 1.165) is 55.6 Å². The Bertz CT molecular complexity index is 1200. The van der Waals surface area contributed by atoms with Crippen LogP contribution in [-0.4, -0.2) is 67.9 Å². The number of benzene rings is 3. The number of rotatable bonds is 10. The zero-order chi connectivity index (χ0) is 25.2. The number of hydroxylamine groups is 1. The molecule has 36 heavy (non-hydrogen) atoms. The van der Waals surface area contributed by atoms with Gasteiger partial charge in [0.15, 0.2) is 0 Å². The summed E-state index contributed by atoms with van der Waals surface area (Å²) in [5.74, 6) is -0.0912. The monoisotopic (exact) mass is 489 g/mol. The first-order valence-electron chi connectivity index (χ1n) is 12.1. The lowest BCUT2D eigenvalue weighted by atomic mass is 10.1. The SMILES string of the molecule is O=C(NCCCN1CCOCC1)C(=Cc1ccc(C(=O)NO)cc1)COc1cccc2ccccc12. The summed E-state index contributed by atoms with van der Waals surface area (Å²) in [5.41, 5.74) is 3.14. The highest BCUT2D eigenvalue weighted by atomic mass is 16.5. The number of hydrogen-bond acceptors (Lipinski definition) is 6. The van der Waals surface area contributed by atoms with E-state index in [1.165, 1.54) is 0 Å². The van der Waals surface area contributed by atoms with Crippen LogP contribution in [0.5, 0.6) is 5.75 Å². The zero-order valence-corrected chi connectivity index (χ0v) is 20.1. The molecule has 1 aliphatic heterocycles. The van der Waals surface area contributed by atoms with Crippen LogP contribution in [0.15, 0.2) is 72.3 Å². The standard InChI is InChI=1S/C28H31N3O5/c32-27(29-13-4-14-31-15-17-35-18-16-31)24(19-21-9-11-23(12-10-21)28(33)30-34)20-36-26-8-3-6-22-5-1-2-7-25(22)26/h1-3,5-12,19,34H,4,13-18,20H2,(H,29,32)(H,30,33). The van der Waals surface area contributed by atoms with Gasteiger partial charge in [0.2, 0.25) is 0 Å². The summed E-state index contributed by atoms with van der Waals surface area (Å²) in [7, 11) is 0. The van der Waals surface area contributed by atoms with Crippen LogP contribution in [0.2, 0.25) is 0 Å². The van der Waals surface area contributed by atoms with Crippen molar-refractivity contribution in [3.63, 3.8) is 0 Å². The van der Waals surface area contributed by atoms with Crippen LogP contribution >= 0.6 is 0 Å². The normalized spacial score (nSPS) is 14.4. The van der Waals surface area contributed by atoms with Gasteiger partial charge in [-0.1, -0.05) is 48.5 Å². The Balaban J connectivity index is 1.45. The number of nitrogens with zero attached hydrogens (tertiary/aromatic N) is 1. The molecule has 188 valence electrons. The lowest BCUT2D eigenvalue weighted by Crippen LogP contribution is -2.38. The van der Waals surface area contributed by atoms with Crippen LogP contribution in [0.1, 0.15) is 22.3 Å². The Morgan fingerprint density at radius 1 is 1.00 bits per heavy atom. The molecule has 0 aromatic heterocycles. The van der Waals surface area contributed by atoms with Crippen LogP contribution in [0.3, 0.4) is 0 Å². The molecule has 0 aliphatic carbocycles. The molecule has 8 heteroatoms. The summed E-state index contributed by atoms with van der Waals surface area (Å²) in [6.45, 7) is 4.89. The van der Waals surface area contributed by atoms with Crippen molar-refractivity contribution in [2.75, 3.05) is 46.0 Å². The van der Waals surface area contributed by atoms with E-state index in [1.54, 1.807) is 35.8 Å². The van der Waals surface area contributed by atoms with Gasteiger partial charge in [-0.25, -0.2) is 5.48 Å². The Morgan fingerprint density at radius 3 is 2.53 bits per heavy atom. The van der Waals surface area contributed by atoms with E-state index in [-0.39, 0.29) is 12.5 Å². The van der Waals surface area contributed by atoms with E-state index >= 15 is 0 Å². The minimum Gasteiger partial charge on any atom is -0.488 e. The van der Waals surface area contributed by atoms with Gasteiger partial charge >= 0.3 is 0 Å². The van der Waals surface area contributed by atoms with Gasteiger partial charge in [0.1, 0.15) is 12.4 Å². The molecule has 1 fully saturated rings. The summed E-state index contributed by atoms with van der Waals surface area (Å²) in [6, 6.07) is 20.4. The Labute approximate surface area is 210 Å². The quantitative estimate of drug-likeness (QED) is 0.175. The van der Waals surface area contributed by atoms with Gasteiger partial charge in [0.25, 0.3) is 11.8 Å². The molecule has 1 aliphatic rings. The first kappa shape index (κ1) is 25.4. The third-order valence-corrected chi connectivity index (χ3v) is 6.08. The molecule has 0 saturated carbocycles. The molecule has 0 radical (unpaired) electrons. The largest absolute Gasteiger partial charge is 0.488 e. The van der Waals surface area contributed by atoms with Gasteiger partial charge in [-0.15, -0.1) is 0 Å². The third-order valence-electron chi connectivity index (χ3n) is 6.08. The van der Waals surface area contributed by atoms with Gasteiger partial charge in [-0.05, 0) is 48.2 Å². The second-order valence-electron chi connectivity index (χ2n) is 8.56. The molecular weight excluding hydrogens is 458 g/mol. The molecule has 1 saturated heterocycles. The van der Waals surface area contributed by atoms with Crippen molar-refractivity contribution >= 4 is 28.7 Å². The average Bonchev–Trinajstić information content (AvgIpc) is 2.93. The smallest absolute Gasteiger partial charge is 0.274 e. The number of fused-ring (bicyclic) bond motifs is 1. The molecule has 2 amide bonds. The maximum atomic E-state index is 13.1. The molecule has 3 aromatic carbocycles. The fourth-order valence-corrected chi connectivity index (χ4v) is 4.09. The van der Waals surface area contributed by atoms with Crippen LogP contribution in [0.4, 0.5) is 0 Å².